The van der Waals surface area contributed by atoms with Crippen molar-refractivity contribution in [2.45, 2.75) is 45.2 Å². The molecule has 6 heteroatoms. The fraction of sp³-hybridized carbons (Fsp3) is 0.818. The van der Waals surface area contributed by atoms with Crippen LogP contribution in [0.3, 0.4) is 0 Å². The number of amides is 2. The van der Waals surface area contributed by atoms with E-state index in [0.717, 1.165) is 19.3 Å². The zero-order valence-corrected chi connectivity index (χ0v) is 10.9. The first-order valence-corrected chi connectivity index (χ1v) is 5.68. The highest BCUT2D eigenvalue weighted by Gasteiger charge is 2.09. The lowest BCUT2D eigenvalue weighted by molar-refractivity contribution is 0.166. The van der Waals surface area contributed by atoms with Gasteiger partial charge in [0.25, 0.3) is 0 Å². The van der Waals surface area contributed by atoms with Gasteiger partial charge in [-0.25, -0.2) is 9.59 Å². The molecule has 2 N–H and O–H groups in total. The molecular weight excluding hydrogens is 224 g/mol. The van der Waals surface area contributed by atoms with Crippen molar-refractivity contribution in [2.75, 3.05) is 14.2 Å². The number of alkyl carbamates (subject to hydrolysis) is 2. The molecule has 0 heterocycles. The minimum atomic E-state index is -0.418. The quantitative estimate of drug-likeness (QED) is 0.747. The predicted molar refractivity (Wildman–Crippen MR) is 63.9 cm³/mol. The molecule has 0 saturated carbocycles. The highest BCUT2D eigenvalue weighted by atomic mass is 16.5. The van der Waals surface area contributed by atoms with Crippen LogP contribution in [0.25, 0.3) is 0 Å². The van der Waals surface area contributed by atoms with E-state index in [0.29, 0.717) is 0 Å². The summed E-state index contributed by atoms with van der Waals surface area (Å²) in [6, 6.07) is 0.126. The van der Waals surface area contributed by atoms with Crippen molar-refractivity contribution in [3.63, 3.8) is 0 Å². The van der Waals surface area contributed by atoms with E-state index in [1.54, 1.807) is 0 Å². The Labute approximate surface area is 102 Å². The summed E-state index contributed by atoms with van der Waals surface area (Å²) in [5, 5.41) is 5.36. The Morgan fingerprint density at radius 1 is 0.941 bits per heavy atom. The largest absolute Gasteiger partial charge is 0.453 e. The van der Waals surface area contributed by atoms with E-state index in [-0.39, 0.29) is 12.1 Å². The van der Waals surface area contributed by atoms with E-state index >= 15 is 0 Å². The molecule has 0 bridgehead atoms. The van der Waals surface area contributed by atoms with Crippen LogP contribution < -0.4 is 10.6 Å². The van der Waals surface area contributed by atoms with Crippen LogP contribution >= 0.6 is 0 Å². The SMILES string of the molecule is COC(=O)N[C@H](C)CCC[C@@H](C)NC(=O)OC. The van der Waals surface area contributed by atoms with Crippen LogP contribution in [0.4, 0.5) is 9.59 Å². The van der Waals surface area contributed by atoms with Crippen molar-refractivity contribution in [1.29, 1.82) is 0 Å². The van der Waals surface area contributed by atoms with Crippen LogP contribution in [0.1, 0.15) is 33.1 Å². The molecule has 0 aliphatic heterocycles. The van der Waals surface area contributed by atoms with Gasteiger partial charge in [-0.05, 0) is 33.1 Å². The molecule has 0 aliphatic rings. The molecule has 0 aliphatic carbocycles. The molecule has 0 saturated heterocycles. The zero-order chi connectivity index (χ0) is 13.3. The second-order valence-electron chi connectivity index (χ2n) is 4.00. The lowest BCUT2D eigenvalue weighted by Crippen LogP contribution is -2.34. The molecule has 0 radical (unpaired) electrons. The summed E-state index contributed by atoms with van der Waals surface area (Å²) in [7, 11) is 2.68. The zero-order valence-electron chi connectivity index (χ0n) is 10.9. The molecule has 2 amide bonds. The average molecular weight is 246 g/mol. The molecule has 0 spiro atoms. The molecule has 17 heavy (non-hydrogen) atoms. The summed E-state index contributed by atoms with van der Waals surface area (Å²) in [5.74, 6) is 0. The molecule has 0 rings (SSSR count). The van der Waals surface area contributed by atoms with Gasteiger partial charge in [0, 0.05) is 12.1 Å². The Kier molecular flexibility index (Phi) is 7.92. The second-order valence-corrected chi connectivity index (χ2v) is 4.00. The third kappa shape index (κ3) is 8.36. The topological polar surface area (TPSA) is 76.7 Å². The number of rotatable bonds is 6. The van der Waals surface area contributed by atoms with Crippen molar-refractivity contribution >= 4 is 12.2 Å². The van der Waals surface area contributed by atoms with Gasteiger partial charge in [0.2, 0.25) is 0 Å². The number of hydrogen-bond donors (Lipinski definition) is 2. The predicted octanol–water partition coefficient (Wildman–Crippen LogP) is 1.65. The van der Waals surface area contributed by atoms with Crippen molar-refractivity contribution < 1.29 is 19.1 Å². The monoisotopic (exact) mass is 246 g/mol. The van der Waals surface area contributed by atoms with E-state index in [1.165, 1.54) is 14.2 Å². The fourth-order valence-electron chi connectivity index (χ4n) is 1.39. The Morgan fingerprint density at radius 3 is 1.59 bits per heavy atom. The van der Waals surface area contributed by atoms with E-state index < -0.39 is 12.2 Å². The number of carbonyl (C=O) groups excluding carboxylic acids is 2. The third-order valence-electron chi connectivity index (χ3n) is 2.37. The van der Waals surface area contributed by atoms with Gasteiger partial charge < -0.3 is 20.1 Å². The molecule has 0 aromatic rings. The number of ether oxygens (including phenoxy) is 2. The highest BCUT2D eigenvalue weighted by molar-refractivity contribution is 5.67. The van der Waals surface area contributed by atoms with Crippen molar-refractivity contribution in [3.05, 3.63) is 0 Å². The van der Waals surface area contributed by atoms with Gasteiger partial charge in [0.15, 0.2) is 0 Å². The Hall–Kier alpha value is -1.46. The normalized spacial score (nSPS) is 13.4. The highest BCUT2D eigenvalue weighted by Crippen LogP contribution is 2.04. The van der Waals surface area contributed by atoms with Gasteiger partial charge in [-0.15, -0.1) is 0 Å². The molecular formula is C11H22N2O4. The number of carbonyl (C=O) groups is 2. The first-order valence-electron chi connectivity index (χ1n) is 5.68. The minimum absolute atomic E-state index is 0.0628. The summed E-state index contributed by atoms with van der Waals surface area (Å²) in [5.41, 5.74) is 0. The summed E-state index contributed by atoms with van der Waals surface area (Å²) in [6.45, 7) is 3.82. The summed E-state index contributed by atoms with van der Waals surface area (Å²) in [4.78, 5) is 21.8. The average Bonchev–Trinajstić information content (AvgIpc) is 2.28. The van der Waals surface area contributed by atoms with E-state index in [4.69, 9.17) is 0 Å². The van der Waals surface area contributed by atoms with Gasteiger partial charge in [-0.2, -0.15) is 0 Å². The molecule has 6 nitrogen and oxygen atoms in total. The summed E-state index contributed by atoms with van der Waals surface area (Å²) < 4.78 is 8.98. The van der Waals surface area contributed by atoms with Crippen molar-refractivity contribution in [3.8, 4) is 0 Å². The molecule has 0 unspecified atom stereocenters. The Balaban J connectivity index is 3.61. The first kappa shape index (κ1) is 15.5. The minimum Gasteiger partial charge on any atom is -0.453 e. The summed E-state index contributed by atoms with van der Waals surface area (Å²) in [6.07, 6.45) is 1.73. The van der Waals surface area contributed by atoms with Gasteiger partial charge in [-0.3, -0.25) is 0 Å². The standard InChI is InChI=1S/C11H22N2O4/c1-8(12-10(14)16-3)6-5-7-9(2)13-11(15)17-4/h8-9H,5-7H2,1-4H3,(H,12,14)(H,13,15)/t8-,9-/m1/s1. The van der Waals surface area contributed by atoms with E-state index in [2.05, 4.69) is 20.1 Å². The smallest absolute Gasteiger partial charge is 0.407 e. The van der Waals surface area contributed by atoms with Crippen LogP contribution in [0, 0.1) is 0 Å². The molecule has 0 aromatic carbocycles. The van der Waals surface area contributed by atoms with Gasteiger partial charge in [0.05, 0.1) is 14.2 Å². The van der Waals surface area contributed by atoms with Crippen LogP contribution in [0.5, 0.6) is 0 Å². The molecule has 0 aromatic heterocycles. The maximum Gasteiger partial charge on any atom is 0.407 e. The van der Waals surface area contributed by atoms with Crippen molar-refractivity contribution in [2.24, 2.45) is 0 Å². The fourth-order valence-corrected chi connectivity index (χ4v) is 1.39. The molecule has 0 fully saturated rings. The number of methoxy groups -OCH3 is 2. The maximum absolute atomic E-state index is 10.9. The van der Waals surface area contributed by atoms with E-state index in [1.807, 2.05) is 13.8 Å². The Bertz CT molecular complexity index is 222. The van der Waals surface area contributed by atoms with Crippen molar-refractivity contribution in [1.82, 2.24) is 10.6 Å². The summed E-state index contributed by atoms with van der Waals surface area (Å²) >= 11 is 0. The van der Waals surface area contributed by atoms with Gasteiger partial charge in [-0.1, -0.05) is 0 Å². The molecule has 100 valence electrons. The van der Waals surface area contributed by atoms with Crippen LogP contribution in [-0.2, 0) is 9.47 Å². The third-order valence-corrected chi connectivity index (χ3v) is 2.37. The van der Waals surface area contributed by atoms with Gasteiger partial charge >= 0.3 is 12.2 Å². The van der Waals surface area contributed by atoms with Crippen LogP contribution in [0.15, 0.2) is 0 Å². The van der Waals surface area contributed by atoms with Gasteiger partial charge in [0.1, 0.15) is 0 Å². The molecule has 2 atom stereocenters. The number of hydrogen-bond acceptors (Lipinski definition) is 4. The lowest BCUT2D eigenvalue weighted by Gasteiger charge is -2.15. The van der Waals surface area contributed by atoms with Crippen LogP contribution in [-0.4, -0.2) is 38.5 Å². The van der Waals surface area contributed by atoms with E-state index in [9.17, 15) is 9.59 Å². The lowest BCUT2D eigenvalue weighted by atomic mass is 10.1. The number of nitrogens with one attached hydrogen (secondary N) is 2. The second kappa shape index (κ2) is 8.66. The first-order chi connectivity index (χ1) is 7.99. The Morgan fingerprint density at radius 2 is 1.29 bits per heavy atom. The maximum atomic E-state index is 10.9. The van der Waals surface area contributed by atoms with Crippen LogP contribution in [0.2, 0.25) is 0 Å².